The van der Waals surface area contributed by atoms with E-state index in [0.29, 0.717) is 31.7 Å². The van der Waals surface area contributed by atoms with Gasteiger partial charge in [-0.1, -0.05) is 24.3 Å². The highest BCUT2D eigenvalue weighted by atomic mass is 16.3. The van der Waals surface area contributed by atoms with Crippen LogP contribution < -0.4 is 11.2 Å². The maximum absolute atomic E-state index is 12.0. The maximum atomic E-state index is 12.0. The Morgan fingerprint density at radius 3 is 2.70 bits per heavy atom. The van der Waals surface area contributed by atoms with Gasteiger partial charge in [-0.25, -0.2) is 4.79 Å². The molecular formula is C17H21N3O3. The monoisotopic (exact) mass is 315 g/mol. The molecule has 6 heteroatoms. The van der Waals surface area contributed by atoms with Crippen LogP contribution in [0, 0.1) is 0 Å². The molecule has 1 atom stereocenters. The first-order chi connectivity index (χ1) is 11.0. The van der Waals surface area contributed by atoms with E-state index in [-0.39, 0.29) is 11.2 Å². The second-order valence-electron chi connectivity index (χ2n) is 6.09. The van der Waals surface area contributed by atoms with Gasteiger partial charge in [0.05, 0.1) is 6.10 Å². The Balaban J connectivity index is 1.90. The lowest BCUT2D eigenvalue weighted by molar-refractivity contribution is 0.149. The van der Waals surface area contributed by atoms with E-state index in [0.717, 1.165) is 15.7 Å². The topological polar surface area (TPSA) is 67.5 Å². The van der Waals surface area contributed by atoms with E-state index in [2.05, 4.69) is 4.90 Å². The standard InChI is InChI=1S/C17H21N3O3/c1-18-13(9-16(22)19(2)17(18)23)11-20-8-7-15(21)14-6-4-3-5-12(14)10-20/h3-6,9,15,21H,7-8,10-11H2,1-2H3. The van der Waals surface area contributed by atoms with Gasteiger partial charge in [-0.15, -0.1) is 0 Å². The van der Waals surface area contributed by atoms with E-state index < -0.39 is 6.10 Å². The summed E-state index contributed by atoms with van der Waals surface area (Å²) in [4.78, 5) is 26.1. The van der Waals surface area contributed by atoms with Crippen LogP contribution in [0.2, 0.25) is 0 Å². The zero-order valence-corrected chi connectivity index (χ0v) is 13.4. The van der Waals surface area contributed by atoms with Crippen LogP contribution in [0.25, 0.3) is 0 Å². The minimum atomic E-state index is -0.469. The van der Waals surface area contributed by atoms with E-state index in [1.54, 1.807) is 7.05 Å². The van der Waals surface area contributed by atoms with Gasteiger partial charge in [0, 0.05) is 45.5 Å². The number of fused-ring (bicyclic) bond motifs is 1. The molecule has 1 aliphatic heterocycles. The maximum Gasteiger partial charge on any atom is 0.330 e. The average Bonchev–Trinajstić information content (AvgIpc) is 2.70. The number of aliphatic hydroxyl groups is 1. The van der Waals surface area contributed by atoms with Gasteiger partial charge in [-0.05, 0) is 17.5 Å². The molecule has 1 N–H and O–H groups in total. The van der Waals surface area contributed by atoms with E-state index >= 15 is 0 Å². The number of aromatic nitrogens is 2. The second-order valence-corrected chi connectivity index (χ2v) is 6.09. The molecule has 2 heterocycles. The van der Waals surface area contributed by atoms with Crippen LogP contribution in [0.4, 0.5) is 0 Å². The van der Waals surface area contributed by atoms with Crippen molar-refractivity contribution in [3.8, 4) is 0 Å². The van der Waals surface area contributed by atoms with E-state index in [1.807, 2.05) is 24.3 Å². The van der Waals surface area contributed by atoms with Gasteiger partial charge < -0.3 is 5.11 Å². The van der Waals surface area contributed by atoms with Crippen molar-refractivity contribution in [2.45, 2.75) is 25.6 Å². The normalized spacial score (nSPS) is 18.5. The lowest BCUT2D eigenvalue weighted by atomic mass is 10.0. The largest absolute Gasteiger partial charge is 0.388 e. The molecule has 0 spiro atoms. The Morgan fingerprint density at radius 1 is 1.17 bits per heavy atom. The van der Waals surface area contributed by atoms with Gasteiger partial charge >= 0.3 is 5.69 Å². The van der Waals surface area contributed by atoms with Crippen LogP contribution in [0.5, 0.6) is 0 Å². The minimum Gasteiger partial charge on any atom is -0.388 e. The van der Waals surface area contributed by atoms with Crippen LogP contribution >= 0.6 is 0 Å². The highest BCUT2D eigenvalue weighted by Crippen LogP contribution is 2.26. The Labute approximate surface area is 134 Å². The van der Waals surface area contributed by atoms with Gasteiger partial charge in [0.25, 0.3) is 5.56 Å². The molecule has 0 saturated carbocycles. The quantitative estimate of drug-likeness (QED) is 0.877. The van der Waals surface area contributed by atoms with Crippen LogP contribution in [-0.2, 0) is 27.2 Å². The fourth-order valence-electron chi connectivity index (χ4n) is 3.08. The van der Waals surface area contributed by atoms with Crippen LogP contribution in [-0.4, -0.2) is 25.7 Å². The predicted octanol–water partition coefficient (Wildman–Crippen LogP) is 0.523. The molecule has 2 aromatic rings. The van der Waals surface area contributed by atoms with Crippen molar-refractivity contribution in [1.82, 2.24) is 14.0 Å². The van der Waals surface area contributed by atoms with E-state index in [4.69, 9.17) is 0 Å². The van der Waals surface area contributed by atoms with Crippen LogP contribution in [0.1, 0.15) is 29.3 Å². The third-order valence-electron chi connectivity index (χ3n) is 4.54. The molecular weight excluding hydrogens is 294 g/mol. The smallest absolute Gasteiger partial charge is 0.330 e. The molecule has 0 bridgehead atoms. The highest BCUT2D eigenvalue weighted by molar-refractivity contribution is 5.30. The molecule has 6 nitrogen and oxygen atoms in total. The number of nitrogens with zero attached hydrogens (tertiary/aromatic N) is 3. The highest BCUT2D eigenvalue weighted by Gasteiger charge is 2.21. The molecule has 1 aliphatic rings. The van der Waals surface area contributed by atoms with Crippen molar-refractivity contribution >= 4 is 0 Å². The molecule has 0 saturated heterocycles. The zero-order chi connectivity index (χ0) is 16.6. The summed E-state index contributed by atoms with van der Waals surface area (Å²) < 4.78 is 2.61. The summed E-state index contributed by atoms with van der Waals surface area (Å²) >= 11 is 0. The molecule has 0 fully saturated rings. The first-order valence-electron chi connectivity index (χ1n) is 7.71. The lowest BCUT2D eigenvalue weighted by Crippen LogP contribution is -2.39. The summed E-state index contributed by atoms with van der Waals surface area (Å²) in [5, 5.41) is 10.3. The molecule has 1 aromatic carbocycles. The Kier molecular flexibility index (Phi) is 4.19. The molecule has 23 heavy (non-hydrogen) atoms. The summed E-state index contributed by atoms with van der Waals surface area (Å²) in [5.41, 5.74) is 2.13. The van der Waals surface area contributed by atoms with Gasteiger partial charge in [0.1, 0.15) is 0 Å². The summed E-state index contributed by atoms with van der Waals surface area (Å²) in [6.45, 7) is 1.90. The number of hydrogen-bond acceptors (Lipinski definition) is 4. The second kappa shape index (κ2) is 6.14. The number of aliphatic hydroxyl groups excluding tert-OH is 1. The molecule has 0 radical (unpaired) electrons. The van der Waals surface area contributed by atoms with E-state index in [9.17, 15) is 14.7 Å². The fourth-order valence-corrected chi connectivity index (χ4v) is 3.08. The summed E-state index contributed by atoms with van der Waals surface area (Å²) in [6, 6.07) is 9.37. The third kappa shape index (κ3) is 3.00. The molecule has 1 aromatic heterocycles. The van der Waals surface area contributed by atoms with E-state index in [1.165, 1.54) is 17.7 Å². The molecule has 1 unspecified atom stereocenters. The number of hydrogen-bond donors (Lipinski definition) is 1. The minimum absolute atomic E-state index is 0.293. The van der Waals surface area contributed by atoms with Gasteiger partial charge in [-0.3, -0.25) is 18.8 Å². The lowest BCUT2D eigenvalue weighted by Gasteiger charge is -2.21. The van der Waals surface area contributed by atoms with Crippen LogP contribution in [0.3, 0.4) is 0 Å². The Bertz CT molecular complexity index is 838. The fraction of sp³-hybridized carbons (Fsp3) is 0.412. The van der Waals surface area contributed by atoms with Crippen molar-refractivity contribution in [2.24, 2.45) is 14.1 Å². The third-order valence-corrected chi connectivity index (χ3v) is 4.54. The number of rotatable bonds is 2. The molecule has 0 aliphatic carbocycles. The van der Waals surface area contributed by atoms with Crippen molar-refractivity contribution in [1.29, 1.82) is 0 Å². The van der Waals surface area contributed by atoms with Gasteiger partial charge in [0.15, 0.2) is 0 Å². The summed E-state index contributed by atoms with van der Waals surface area (Å²) in [7, 11) is 3.16. The average molecular weight is 315 g/mol. The number of benzene rings is 1. The molecule has 3 rings (SSSR count). The SMILES string of the molecule is Cn1c(CN2CCC(O)c3ccccc3C2)cc(=O)n(C)c1=O. The first-order valence-corrected chi connectivity index (χ1v) is 7.71. The summed E-state index contributed by atoms with van der Waals surface area (Å²) in [5.74, 6) is 0. The van der Waals surface area contributed by atoms with Gasteiger partial charge in [0.2, 0.25) is 0 Å². The Morgan fingerprint density at radius 2 is 1.91 bits per heavy atom. The zero-order valence-electron chi connectivity index (χ0n) is 13.4. The predicted molar refractivity (Wildman–Crippen MR) is 87.1 cm³/mol. The first kappa shape index (κ1) is 15.7. The van der Waals surface area contributed by atoms with Crippen molar-refractivity contribution < 1.29 is 5.11 Å². The Hall–Kier alpha value is -2.18. The van der Waals surface area contributed by atoms with Crippen molar-refractivity contribution in [3.63, 3.8) is 0 Å². The van der Waals surface area contributed by atoms with Crippen molar-refractivity contribution in [3.05, 3.63) is 68.0 Å². The summed E-state index contributed by atoms with van der Waals surface area (Å²) in [6.07, 6.45) is 0.166. The van der Waals surface area contributed by atoms with Crippen LogP contribution in [0.15, 0.2) is 39.9 Å². The van der Waals surface area contributed by atoms with Crippen molar-refractivity contribution in [2.75, 3.05) is 6.54 Å². The molecule has 122 valence electrons. The van der Waals surface area contributed by atoms with Gasteiger partial charge in [-0.2, -0.15) is 0 Å². The molecule has 0 amide bonds.